The second kappa shape index (κ2) is 9.40. The molecule has 1 saturated heterocycles. The average Bonchev–Trinajstić information content (AvgIpc) is 2.66. The zero-order chi connectivity index (χ0) is 18.4. The van der Waals surface area contributed by atoms with Gasteiger partial charge in [-0.15, -0.1) is 0 Å². The summed E-state index contributed by atoms with van der Waals surface area (Å²) in [6, 6.07) is 14.9. The van der Waals surface area contributed by atoms with E-state index < -0.39 is 0 Å². The third-order valence-corrected chi connectivity index (χ3v) is 5.82. The molecule has 4 nitrogen and oxygen atoms in total. The molecule has 0 aliphatic carbocycles. The van der Waals surface area contributed by atoms with E-state index in [0.717, 1.165) is 24.6 Å². The lowest BCUT2D eigenvalue weighted by atomic mass is 10.1. The van der Waals surface area contributed by atoms with Crippen LogP contribution in [-0.4, -0.2) is 39.9 Å². The van der Waals surface area contributed by atoms with Crippen LogP contribution in [0.1, 0.15) is 18.1 Å². The van der Waals surface area contributed by atoms with E-state index >= 15 is 0 Å². The van der Waals surface area contributed by atoms with Gasteiger partial charge in [-0.1, -0.05) is 34.1 Å². The third-order valence-electron chi connectivity index (χ3n) is 5.04. The smallest absolute Gasteiger partial charge is 0.161 e. The van der Waals surface area contributed by atoms with Crippen molar-refractivity contribution in [3.8, 4) is 11.5 Å². The summed E-state index contributed by atoms with van der Waals surface area (Å²) in [5.74, 6) is 1.67. The van der Waals surface area contributed by atoms with Gasteiger partial charge in [-0.05, 0) is 31.2 Å². The van der Waals surface area contributed by atoms with Crippen LogP contribution in [0.4, 0.5) is 0 Å². The summed E-state index contributed by atoms with van der Waals surface area (Å²) in [6.07, 6.45) is 0. The first-order chi connectivity index (χ1) is 12.7. The van der Waals surface area contributed by atoms with Crippen molar-refractivity contribution in [2.75, 3.05) is 39.9 Å². The Labute approximate surface area is 164 Å². The minimum Gasteiger partial charge on any atom is -0.493 e. The van der Waals surface area contributed by atoms with Crippen LogP contribution >= 0.6 is 15.9 Å². The summed E-state index contributed by atoms with van der Waals surface area (Å²) in [5, 5.41) is 0. The number of rotatable bonds is 7. The first-order valence-corrected chi connectivity index (χ1v) is 10.2. The van der Waals surface area contributed by atoms with Gasteiger partial charge >= 0.3 is 0 Å². The lowest BCUT2D eigenvalue weighted by Crippen LogP contribution is -3.27. The highest BCUT2D eigenvalue weighted by Gasteiger charge is 2.24. The van der Waals surface area contributed by atoms with Gasteiger partial charge in [-0.3, -0.25) is 0 Å². The van der Waals surface area contributed by atoms with Gasteiger partial charge < -0.3 is 19.3 Å². The molecular weight excluding hydrogens is 392 g/mol. The molecule has 1 aliphatic heterocycles. The van der Waals surface area contributed by atoms with Crippen molar-refractivity contribution in [2.45, 2.75) is 20.0 Å². The fourth-order valence-electron chi connectivity index (χ4n) is 3.61. The van der Waals surface area contributed by atoms with Crippen LogP contribution in [-0.2, 0) is 13.1 Å². The Morgan fingerprint density at radius 1 is 0.923 bits per heavy atom. The molecule has 5 heteroatoms. The summed E-state index contributed by atoms with van der Waals surface area (Å²) < 4.78 is 12.3. The molecular formula is C21H29BrN2O2+2. The van der Waals surface area contributed by atoms with Crippen molar-refractivity contribution in [2.24, 2.45) is 0 Å². The lowest BCUT2D eigenvalue weighted by molar-refractivity contribution is -1.02. The first-order valence-electron chi connectivity index (χ1n) is 9.40. The van der Waals surface area contributed by atoms with Gasteiger partial charge in [0.1, 0.15) is 39.3 Å². The topological polar surface area (TPSA) is 27.3 Å². The second-order valence-corrected chi connectivity index (χ2v) is 7.72. The number of methoxy groups -OCH3 is 1. The quantitative estimate of drug-likeness (QED) is 0.706. The SMILES string of the molecule is CCOc1cc(C[NH+]2CC[NH+](Cc3ccccc3Br)CC2)ccc1OC. The molecule has 1 fully saturated rings. The van der Waals surface area contributed by atoms with Crippen molar-refractivity contribution in [3.05, 3.63) is 58.1 Å². The summed E-state index contributed by atoms with van der Waals surface area (Å²) >= 11 is 3.67. The molecule has 0 saturated carbocycles. The fraction of sp³-hybridized carbons (Fsp3) is 0.429. The van der Waals surface area contributed by atoms with Crippen LogP contribution < -0.4 is 19.3 Å². The minimum absolute atomic E-state index is 0.656. The van der Waals surface area contributed by atoms with Crippen LogP contribution in [0.5, 0.6) is 11.5 Å². The number of hydrogen-bond acceptors (Lipinski definition) is 2. The monoisotopic (exact) mass is 420 g/mol. The zero-order valence-electron chi connectivity index (χ0n) is 15.7. The summed E-state index contributed by atoms with van der Waals surface area (Å²) in [5.41, 5.74) is 2.72. The van der Waals surface area contributed by atoms with E-state index in [9.17, 15) is 0 Å². The molecule has 1 heterocycles. The van der Waals surface area contributed by atoms with Crippen LogP contribution in [0.3, 0.4) is 0 Å². The number of nitrogens with one attached hydrogen (secondary N) is 2. The van der Waals surface area contributed by atoms with Gasteiger partial charge in [0, 0.05) is 15.6 Å². The standard InChI is InChI=1S/C21H27BrN2O2/c1-3-26-21-14-17(8-9-20(21)25-2)15-23-10-12-24(13-11-23)16-18-6-4-5-7-19(18)22/h4-9,14H,3,10-13,15-16H2,1-2H3/p+2. The predicted octanol–water partition coefficient (Wildman–Crippen LogP) is 1.34. The molecule has 2 aromatic carbocycles. The Balaban J connectivity index is 1.54. The van der Waals surface area contributed by atoms with Gasteiger partial charge in [0.25, 0.3) is 0 Å². The van der Waals surface area contributed by atoms with Gasteiger partial charge in [0.15, 0.2) is 11.5 Å². The predicted molar refractivity (Wildman–Crippen MR) is 107 cm³/mol. The molecule has 0 aromatic heterocycles. The van der Waals surface area contributed by atoms with E-state index in [1.807, 2.05) is 13.0 Å². The van der Waals surface area contributed by atoms with Crippen molar-refractivity contribution >= 4 is 15.9 Å². The van der Waals surface area contributed by atoms with Crippen molar-refractivity contribution in [1.29, 1.82) is 0 Å². The Kier molecular flexibility index (Phi) is 6.94. The normalized spacial score (nSPS) is 20.0. The number of quaternary nitrogens is 2. The van der Waals surface area contributed by atoms with Gasteiger partial charge in [-0.25, -0.2) is 0 Å². The van der Waals surface area contributed by atoms with E-state index in [1.165, 1.54) is 41.8 Å². The third kappa shape index (κ3) is 5.00. The zero-order valence-corrected chi connectivity index (χ0v) is 17.3. The van der Waals surface area contributed by atoms with E-state index in [1.54, 1.807) is 16.9 Å². The molecule has 0 radical (unpaired) electrons. The highest BCUT2D eigenvalue weighted by Crippen LogP contribution is 2.27. The maximum Gasteiger partial charge on any atom is 0.161 e. The first kappa shape index (κ1) is 19.2. The Morgan fingerprint density at radius 2 is 1.62 bits per heavy atom. The summed E-state index contributed by atoms with van der Waals surface area (Å²) in [4.78, 5) is 3.32. The maximum atomic E-state index is 5.71. The second-order valence-electron chi connectivity index (χ2n) is 6.86. The molecule has 3 rings (SSSR count). The van der Waals surface area contributed by atoms with Gasteiger partial charge in [0.2, 0.25) is 0 Å². The number of hydrogen-bond donors (Lipinski definition) is 2. The van der Waals surface area contributed by atoms with E-state index in [4.69, 9.17) is 9.47 Å². The van der Waals surface area contributed by atoms with Crippen LogP contribution in [0, 0.1) is 0 Å². The molecule has 0 atom stereocenters. The van der Waals surface area contributed by atoms with Gasteiger partial charge in [0.05, 0.1) is 13.7 Å². The Morgan fingerprint density at radius 3 is 2.27 bits per heavy atom. The molecule has 0 bridgehead atoms. The molecule has 1 aliphatic rings. The number of ether oxygens (including phenoxy) is 2. The highest BCUT2D eigenvalue weighted by molar-refractivity contribution is 9.10. The van der Waals surface area contributed by atoms with Crippen molar-refractivity contribution < 1.29 is 19.3 Å². The Hall–Kier alpha value is -1.56. The number of benzene rings is 2. The number of piperazine rings is 1. The lowest BCUT2D eigenvalue weighted by Gasteiger charge is -2.30. The van der Waals surface area contributed by atoms with Crippen molar-refractivity contribution in [1.82, 2.24) is 0 Å². The van der Waals surface area contributed by atoms with Gasteiger partial charge in [-0.2, -0.15) is 0 Å². The van der Waals surface area contributed by atoms with Crippen molar-refractivity contribution in [3.63, 3.8) is 0 Å². The van der Waals surface area contributed by atoms with Crippen LogP contribution in [0.15, 0.2) is 46.9 Å². The summed E-state index contributed by atoms with van der Waals surface area (Å²) in [7, 11) is 1.69. The average molecular weight is 421 g/mol. The number of halogens is 1. The molecule has 26 heavy (non-hydrogen) atoms. The molecule has 140 valence electrons. The fourth-order valence-corrected chi connectivity index (χ4v) is 4.03. The van der Waals surface area contributed by atoms with Crippen LogP contribution in [0.2, 0.25) is 0 Å². The molecule has 0 amide bonds. The molecule has 0 unspecified atom stereocenters. The van der Waals surface area contributed by atoms with E-state index in [-0.39, 0.29) is 0 Å². The largest absolute Gasteiger partial charge is 0.493 e. The maximum absolute atomic E-state index is 5.71. The molecule has 2 aromatic rings. The highest BCUT2D eigenvalue weighted by atomic mass is 79.9. The van der Waals surface area contributed by atoms with E-state index in [2.05, 4.69) is 52.3 Å². The van der Waals surface area contributed by atoms with E-state index in [0.29, 0.717) is 6.61 Å². The molecule has 0 spiro atoms. The minimum atomic E-state index is 0.656. The Bertz CT molecular complexity index is 715. The van der Waals surface area contributed by atoms with Crippen LogP contribution in [0.25, 0.3) is 0 Å². The summed E-state index contributed by atoms with van der Waals surface area (Å²) in [6.45, 7) is 9.65. The molecule has 2 N–H and O–H groups in total.